The van der Waals surface area contributed by atoms with Crippen LogP contribution in [-0.4, -0.2) is 84.7 Å². The second-order valence-corrected chi connectivity index (χ2v) is 10.2. The summed E-state index contributed by atoms with van der Waals surface area (Å²) in [5.41, 5.74) is 2.24. The summed E-state index contributed by atoms with van der Waals surface area (Å²) >= 11 is 0. The van der Waals surface area contributed by atoms with Crippen molar-refractivity contribution in [1.82, 2.24) is 9.88 Å². The fourth-order valence-corrected chi connectivity index (χ4v) is 6.45. The standard InChI is InChI=1S/C27H27N3O8/c1-10-14-11(12-6-4-5-9-29-12)7-8-13(31)16(14)21(32)17-15(10)22(33)19-20(30(2)3)23(34)18(26(28)37)25(36)27(19,38)24(17)35/h4-10,15,19-20,22,31,33-35,38H,1-3H3,(H2,28,37)/t10-,15+,19+,20-,22-,27-/m0/s1. The quantitative estimate of drug-likeness (QED) is 0.313. The zero-order chi connectivity index (χ0) is 27.8. The summed E-state index contributed by atoms with van der Waals surface area (Å²) in [6.45, 7) is 1.68. The predicted molar refractivity (Wildman–Crippen MR) is 133 cm³/mol. The molecule has 3 aliphatic carbocycles. The van der Waals surface area contributed by atoms with Gasteiger partial charge in [-0.05, 0) is 49.8 Å². The molecule has 0 aliphatic heterocycles. The van der Waals surface area contributed by atoms with Crippen LogP contribution in [0.2, 0.25) is 0 Å². The minimum atomic E-state index is -2.95. The number of Topliss-reactive ketones (excluding diaryl/α,β-unsaturated/α-hetero) is 2. The zero-order valence-electron chi connectivity index (χ0n) is 20.8. The Labute approximate surface area is 217 Å². The van der Waals surface area contributed by atoms with Crippen molar-refractivity contribution in [3.63, 3.8) is 0 Å². The fraction of sp³-hybridized carbons (Fsp3) is 0.333. The molecule has 0 fully saturated rings. The van der Waals surface area contributed by atoms with Gasteiger partial charge in [0, 0.05) is 23.3 Å². The first-order valence-corrected chi connectivity index (χ1v) is 12.0. The van der Waals surface area contributed by atoms with Gasteiger partial charge < -0.3 is 31.3 Å². The number of phenols is 1. The third-order valence-corrected chi connectivity index (χ3v) is 8.05. The SMILES string of the molecule is C[C@H]1c2c(-c3ccccn3)ccc(O)c2C(=O)C2=C(O)[C@]3(O)C(=O)C(C(N)=O)=C(O)[C@@H](N(C)C)[C@@H]3[C@@H](O)[C@@H]21. The number of primary amides is 1. The number of aliphatic hydroxyl groups is 4. The number of ketones is 2. The maximum Gasteiger partial charge on any atom is 0.255 e. The van der Waals surface area contributed by atoms with Gasteiger partial charge in [-0.25, -0.2) is 0 Å². The van der Waals surface area contributed by atoms with E-state index in [0.29, 0.717) is 16.8 Å². The van der Waals surface area contributed by atoms with E-state index in [1.54, 1.807) is 37.4 Å². The molecular weight excluding hydrogens is 494 g/mol. The fourth-order valence-electron chi connectivity index (χ4n) is 6.45. The molecule has 1 aromatic heterocycles. The molecule has 7 N–H and O–H groups in total. The summed E-state index contributed by atoms with van der Waals surface area (Å²) in [5, 5.41) is 56.5. The van der Waals surface area contributed by atoms with Crippen LogP contribution in [0.25, 0.3) is 11.3 Å². The van der Waals surface area contributed by atoms with E-state index >= 15 is 0 Å². The maximum absolute atomic E-state index is 13.9. The molecule has 0 saturated carbocycles. The van der Waals surface area contributed by atoms with E-state index in [2.05, 4.69) is 4.98 Å². The number of rotatable bonds is 3. The normalized spacial score (nSPS) is 30.7. The number of aromatic nitrogens is 1. The number of carbonyl (C=O) groups is 3. The lowest BCUT2D eigenvalue weighted by Crippen LogP contribution is -2.68. The number of pyridine rings is 1. The minimum absolute atomic E-state index is 0.159. The van der Waals surface area contributed by atoms with Crippen LogP contribution < -0.4 is 5.73 Å². The number of nitrogens with two attached hydrogens (primary N) is 1. The summed E-state index contributed by atoms with van der Waals surface area (Å²) in [6.07, 6.45) is -0.0953. The van der Waals surface area contributed by atoms with Crippen LogP contribution in [-0.2, 0) is 9.59 Å². The lowest BCUT2D eigenvalue weighted by Gasteiger charge is -2.53. The summed E-state index contributed by atoms with van der Waals surface area (Å²) in [7, 11) is 2.97. The number of amides is 1. The highest BCUT2D eigenvalue weighted by Crippen LogP contribution is 2.56. The maximum atomic E-state index is 13.9. The lowest BCUT2D eigenvalue weighted by molar-refractivity contribution is -0.162. The van der Waals surface area contributed by atoms with Crippen LogP contribution in [0.1, 0.15) is 28.8 Å². The van der Waals surface area contributed by atoms with Crippen molar-refractivity contribution in [3.05, 3.63) is 70.3 Å². The lowest BCUT2D eigenvalue weighted by atomic mass is 9.55. The number of aliphatic hydroxyl groups excluding tert-OH is 3. The number of benzene rings is 1. The van der Waals surface area contributed by atoms with Crippen molar-refractivity contribution < 1.29 is 39.9 Å². The van der Waals surface area contributed by atoms with E-state index in [1.807, 2.05) is 0 Å². The van der Waals surface area contributed by atoms with E-state index in [1.165, 1.54) is 25.1 Å². The largest absolute Gasteiger partial charge is 0.510 e. The van der Waals surface area contributed by atoms with E-state index in [9.17, 15) is 39.9 Å². The van der Waals surface area contributed by atoms with Crippen LogP contribution in [0.15, 0.2) is 59.2 Å². The Balaban J connectivity index is 1.82. The average molecular weight is 522 g/mol. The number of nitrogens with zero attached hydrogens (tertiary/aromatic N) is 2. The Bertz CT molecular complexity index is 1460. The summed E-state index contributed by atoms with van der Waals surface area (Å²) in [6, 6.07) is 6.78. The van der Waals surface area contributed by atoms with Gasteiger partial charge in [0.15, 0.2) is 11.4 Å². The van der Waals surface area contributed by atoms with Gasteiger partial charge in [0.05, 0.1) is 29.3 Å². The predicted octanol–water partition coefficient (Wildman–Crippen LogP) is 0.714. The van der Waals surface area contributed by atoms with E-state index in [-0.39, 0.29) is 5.56 Å². The van der Waals surface area contributed by atoms with Crippen LogP contribution in [0.3, 0.4) is 0 Å². The Hall–Kier alpha value is -4.06. The Kier molecular flexibility index (Phi) is 5.71. The first-order chi connectivity index (χ1) is 17.8. The number of likely N-dealkylation sites (N-methyl/N-ethyl adjacent to an activating group) is 1. The molecule has 5 rings (SSSR count). The van der Waals surface area contributed by atoms with Crippen molar-refractivity contribution in [1.29, 1.82) is 0 Å². The van der Waals surface area contributed by atoms with Gasteiger partial charge in [0.2, 0.25) is 5.78 Å². The van der Waals surface area contributed by atoms with Gasteiger partial charge in [0.1, 0.15) is 22.8 Å². The van der Waals surface area contributed by atoms with Gasteiger partial charge in [-0.15, -0.1) is 0 Å². The molecule has 0 spiro atoms. The van der Waals surface area contributed by atoms with Gasteiger partial charge in [0.25, 0.3) is 5.91 Å². The van der Waals surface area contributed by atoms with E-state index in [0.717, 1.165) is 0 Å². The molecule has 38 heavy (non-hydrogen) atoms. The van der Waals surface area contributed by atoms with Crippen LogP contribution in [0, 0.1) is 11.8 Å². The van der Waals surface area contributed by atoms with Crippen molar-refractivity contribution in [3.8, 4) is 17.0 Å². The molecule has 0 saturated heterocycles. The average Bonchev–Trinajstić information content (AvgIpc) is 2.86. The van der Waals surface area contributed by atoms with Crippen LogP contribution in [0.5, 0.6) is 5.75 Å². The minimum Gasteiger partial charge on any atom is -0.510 e. The summed E-state index contributed by atoms with van der Waals surface area (Å²) in [5.74, 6) is -9.31. The number of phenolic OH excluding ortho intramolecular Hbond substituents is 1. The van der Waals surface area contributed by atoms with Crippen molar-refractivity contribution in [2.75, 3.05) is 14.1 Å². The van der Waals surface area contributed by atoms with Crippen molar-refractivity contribution >= 4 is 17.5 Å². The van der Waals surface area contributed by atoms with Gasteiger partial charge in [-0.1, -0.05) is 13.0 Å². The number of aromatic hydroxyl groups is 1. The molecule has 198 valence electrons. The number of hydrogen-bond donors (Lipinski definition) is 6. The topological polar surface area (TPSA) is 195 Å². The van der Waals surface area contributed by atoms with Gasteiger partial charge in [-0.3, -0.25) is 24.3 Å². The highest BCUT2D eigenvalue weighted by atomic mass is 16.4. The molecule has 3 aliphatic rings. The molecule has 0 radical (unpaired) electrons. The summed E-state index contributed by atoms with van der Waals surface area (Å²) in [4.78, 5) is 45.1. The molecule has 1 amide bonds. The third kappa shape index (κ3) is 3.12. The van der Waals surface area contributed by atoms with Crippen LogP contribution >= 0.6 is 0 Å². The molecule has 2 aromatic rings. The zero-order valence-corrected chi connectivity index (χ0v) is 20.8. The summed E-state index contributed by atoms with van der Waals surface area (Å²) < 4.78 is 0. The monoisotopic (exact) mass is 521 g/mol. The highest BCUT2D eigenvalue weighted by molar-refractivity contribution is 6.25. The van der Waals surface area contributed by atoms with E-state index < -0.39 is 81.4 Å². The van der Waals surface area contributed by atoms with E-state index in [4.69, 9.17) is 5.73 Å². The molecule has 11 nitrogen and oxygen atoms in total. The van der Waals surface area contributed by atoms with Gasteiger partial charge >= 0.3 is 0 Å². The molecule has 1 aromatic carbocycles. The Morgan fingerprint density at radius 1 is 1.11 bits per heavy atom. The second-order valence-electron chi connectivity index (χ2n) is 10.2. The number of carbonyl (C=O) groups excluding carboxylic acids is 3. The first-order valence-electron chi connectivity index (χ1n) is 12.0. The number of hydrogen-bond acceptors (Lipinski definition) is 10. The smallest absolute Gasteiger partial charge is 0.255 e. The van der Waals surface area contributed by atoms with Gasteiger partial charge in [-0.2, -0.15) is 0 Å². The van der Waals surface area contributed by atoms with Crippen molar-refractivity contribution in [2.45, 2.75) is 30.6 Å². The molecule has 6 atom stereocenters. The number of fused-ring (bicyclic) bond motifs is 3. The van der Waals surface area contributed by atoms with Crippen LogP contribution in [0.4, 0.5) is 0 Å². The first kappa shape index (κ1) is 25.6. The molecule has 0 bridgehead atoms. The molecule has 1 heterocycles. The Morgan fingerprint density at radius 2 is 1.79 bits per heavy atom. The Morgan fingerprint density at radius 3 is 2.37 bits per heavy atom. The van der Waals surface area contributed by atoms with Crippen molar-refractivity contribution in [2.24, 2.45) is 17.6 Å². The molecule has 0 unspecified atom stereocenters. The molecular formula is C27H27N3O8. The third-order valence-electron chi connectivity index (χ3n) is 8.05. The highest BCUT2D eigenvalue weighted by Gasteiger charge is 2.67. The molecule has 11 heteroatoms. The second kappa shape index (κ2) is 8.48.